The number of sulfonamides is 1. The molecule has 4 aromatic rings. The Bertz CT molecular complexity index is 1440. The first kappa shape index (κ1) is 21.9. The van der Waals surface area contributed by atoms with Crippen molar-refractivity contribution in [2.45, 2.75) is 4.90 Å². The van der Waals surface area contributed by atoms with Gasteiger partial charge in [-0.1, -0.05) is 15.9 Å². The lowest BCUT2D eigenvalue weighted by Gasteiger charge is -2.16. The number of halogens is 2. The van der Waals surface area contributed by atoms with Gasteiger partial charge in [0.2, 0.25) is 5.95 Å². The number of rotatable bonds is 6. The molecular formula is C21H17BrFN5O3S. The number of hydrogen-bond donors (Lipinski definition) is 0. The molecule has 0 unspecified atom stereocenters. The molecule has 0 atom stereocenters. The fourth-order valence-corrected chi connectivity index (χ4v) is 4.70. The minimum absolute atomic E-state index is 0.0264. The van der Waals surface area contributed by atoms with Crippen molar-refractivity contribution in [2.24, 2.45) is 5.10 Å². The molecule has 0 N–H and O–H groups in total. The van der Waals surface area contributed by atoms with Gasteiger partial charge in [-0.25, -0.2) is 9.97 Å². The molecule has 0 amide bonds. The number of pyridine rings is 2. The third kappa shape index (κ3) is 4.08. The minimum atomic E-state index is -3.97. The summed E-state index contributed by atoms with van der Waals surface area (Å²) in [5.41, 5.74) is 2.04. The van der Waals surface area contributed by atoms with Crippen LogP contribution >= 0.6 is 15.9 Å². The van der Waals surface area contributed by atoms with Crippen LogP contribution in [0.25, 0.3) is 16.8 Å². The van der Waals surface area contributed by atoms with Gasteiger partial charge in [-0.2, -0.15) is 22.3 Å². The zero-order valence-electron chi connectivity index (χ0n) is 17.0. The molecule has 0 fully saturated rings. The SMILES string of the molecule is COc1ccc(Br)cc1S(=O)(=O)N(C)N=Cc1cnc2ccc(-c3cccnc3F)cn12. The molecule has 11 heteroatoms. The highest BCUT2D eigenvalue weighted by molar-refractivity contribution is 9.10. The van der Waals surface area contributed by atoms with E-state index in [2.05, 4.69) is 31.0 Å². The van der Waals surface area contributed by atoms with Gasteiger partial charge in [0.25, 0.3) is 10.0 Å². The summed E-state index contributed by atoms with van der Waals surface area (Å²) < 4.78 is 48.4. The van der Waals surface area contributed by atoms with Crippen molar-refractivity contribution in [1.29, 1.82) is 0 Å². The van der Waals surface area contributed by atoms with Crippen LogP contribution in [0.2, 0.25) is 0 Å². The highest BCUT2D eigenvalue weighted by Crippen LogP contribution is 2.29. The average Bonchev–Trinajstić information content (AvgIpc) is 3.19. The van der Waals surface area contributed by atoms with Crippen LogP contribution in [0.3, 0.4) is 0 Å². The molecule has 164 valence electrons. The molecule has 0 spiro atoms. The quantitative estimate of drug-likeness (QED) is 0.219. The van der Waals surface area contributed by atoms with Gasteiger partial charge < -0.3 is 4.74 Å². The number of benzene rings is 1. The van der Waals surface area contributed by atoms with Crippen molar-refractivity contribution in [2.75, 3.05) is 14.2 Å². The second kappa shape index (κ2) is 8.67. The van der Waals surface area contributed by atoms with E-state index < -0.39 is 16.0 Å². The van der Waals surface area contributed by atoms with Crippen molar-refractivity contribution in [3.05, 3.63) is 77.2 Å². The minimum Gasteiger partial charge on any atom is -0.495 e. The zero-order chi connectivity index (χ0) is 22.9. The van der Waals surface area contributed by atoms with E-state index >= 15 is 0 Å². The van der Waals surface area contributed by atoms with Crippen molar-refractivity contribution < 1.29 is 17.5 Å². The highest BCUT2D eigenvalue weighted by atomic mass is 79.9. The third-order valence-electron chi connectivity index (χ3n) is 4.71. The van der Waals surface area contributed by atoms with Crippen LogP contribution in [0.4, 0.5) is 4.39 Å². The Morgan fingerprint density at radius 1 is 1.22 bits per heavy atom. The van der Waals surface area contributed by atoms with E-state index in [1.54, 1.807) is 53.2 Å². The van der Waals surface area contributed by atoms with Gasteiger partial charge in [0.05, 0.1) is 25.2 Å². The first-order valence-electron chi connectivity index (χ1n) is 9.25. The molecule has 0 aliphatic heterocycles. The first-order valence-corrected chi connectivity index (χ1v) is 11.5. The maximum Gasteiger partial charge on any atom is 0.282 e. The molecule has 8 nitrogen and oxygen atoms in total. The molecule has 0 aliphatic rings. The van der Waals surface area contributed by atoms with E-state index in [0.29, 0.717) is 26.9 Å². The Morgan fingerprint density at radius 2 is 2.03 bits per heavy atom. The normalized spacial score (nSPS) is 11.9. The van der Waals surface area contributed by atoms with Gasteiger partial charge in [-0.05, 0) is 42.5 Å². The Labute approximate surface area is 192 Å². The second-order valence-corrected chi connectivity index (χ2v) is 9.48. The lowest BCUT2D eigenvalue weighted by molar-refractivity contribution is 0.399. The lowest BCUT2D eigenvalue weighted by Crippen LogP contribution is -2.22. The van der Waals surface area contributed by atoms with E-state index in [4.69, 9.17) is 4.74 Å². The predicted molar refractivity (Wildman–Crippen MR) is 122 cm³/mol. The number of ether oxygens (including phenoxy) is 1. The summed E-state index contributed by atoms with van der Waals surface area (Å²) in [6.45, 7) is 0. The molecule has 3 aromatic heterocycles. The molecule has 0 saturated carbocycles. The highest BCUT2D eigenvalue weighted by Gasteiger charge is 2.24. The summed E-state index contributed by atoms with van der Waals surface area (Å²) in [5, 5.41) is 4.09. The largest absolute Gasteiger partial charge is 0.495 e. The van der Waals surface area contributed by atoms with Crippen LogP contribution in [0, 0.1) is 5.95 Å². The van der Waals surface area contributed by atoms with Gasteiger partial charge in [0.1, 0.15) is 16.3 Å². The fourth-order valence-electron chi connectivity index (χ4n) is 3.05. The van der Waals surface area contributed by atoms with Crippen LogP contribution in [0.5, 0.6) is 5.75 Å². The molecule has 32 heavy (non-hydrogen) atoms. The number of imidazole rings is 1. The van der Waals surface area contributed by atoms with Crippen LogP contribution in [0.1, 0.15) is 5.69 Å². The molecule has 3 heterocycles. The summed E-state index contributed by atoms with van der Waals surface area (Å²) in [7, 11) is -1.25. The van der Waals surface area contributed by atoms with Crippen LogP contribution in [-0.2, 0) is 10.0 Å². The monoisotopic (exact) mass is 517 g/mol. The number of nitrogens with zero attached hydrogens (tertiary/aromatic N) is 5. The topological polar surface area (TPSA) is 89.2 Å². The maximum absolute atomic E-state index is 14.1. The van der Waals surface area contributed by atoms with Gasteiger partial charge in [-0.3, -0.25) is 4.40 Å². The number of hydrazone groups is 1. The number of methoxy groups -OCH3 is 1. The Morgan fingerprint density at radius 3 is 2.78 bits per heavy atom. The van der Waals surface area contributed by atoms with Crippen molar-refractivity contribution in [1.82, 2.24) is 18.8 Å². The Balaban J connectivity index is 1.69. The van der Waals surface area contributed by atoms with Crippen LogP contribution in [0.15, 0.2) is 75.5 Å². The van der Waals surface area contributed by atoms with Crippen LogP contribution in [-0.4, -0.2) is 47.6 Å². The molecular weight excluding hydrogens is 501 g/mol. The number of hydrogen-bond acceptors (Lipinski definition) is 6. The summed E-state index contributed by atoms with van der Waals surface area (Å²) in [6.07, 6.45) is 5.98. The molecule has 0 bridgehead atoms. The summed E-state index contributed by atoms with van der Waals surface area (Å²) in [4.78, 5) is 7.93. The third-order valence-corrected chi connectivity index (χ3v) is 6.87. The van der Waals surface area contributed by atoms with E-state index in [9.17, 15) is 12.8 Å². The van der Waals surface area contributed by atoms with E-state index in [1.165, 1.54) is 32.6 Å². The zero-order valence-corrected chi connectivity index (χ0v) is 19.4. The lowest BCUT2D eigenvalue weighted by atomic mass is 10.1. The molecule has 4 rings (SSSR count). The summed E-state index contributed by atoms with van der Waals surface area (Å²) in [5.74, 6) is -0.385. The molecule has 0 aliphatic carbocycles. The Hall–Kier alpha value is -3.31. The average molecular weight is 518 g/mol. The van der Waals surface area contributed by atoms with Gasteiger partial charge in [-0.15, -0.1) is 0 Å². The first-order chi connectivity index (χ1) is 15.3. The smallest absolute Gasteiger partial charge is 0.282 e. The van der Waals surface area contributed by atoms with Crippen molar-refractivity contribution >= 4 is 37.8 Å². The van der Waals surface area contributed by atoms with E-state index in [-0.39, 0.29) is 10.6 Å². The standard InChI is InChI=1S/C21H17BrFN5O3S/c1-27(32(29,30)19-10-15(22)6-7-18(19)31-2)26-12-16-11-25-20-8-5-14(13-28(16)20)17-4-3-9-24-21(17)23/h3-13H,1-2H3. The Kier molecular flexibility index (Phi) is 5.94. The van der Waals surface area contributed by atoms with Gasteiger partial charge >= 0.3 is 0 Å². The summed E-state index contributed by atoms with van der Waals surface area (Å²) in [6, 6.07) is 11.4. The van der Waals surface area contributed by atoms with Crippen molar-refractivity contribution in [3.8, 4) is 16.9 Å². The number of fused-ring (bicyclic) bond motifs is 1. The number of aromatic nitrogens is 3. The fraction of sp³-hybridized carbons (Fsp3) is 0.0952. The maximum atomic E-state index is 14.1. The molecule has 1 aromatic carbocycles. The predicted octanol–water partition coefficient (Wildman–Crippen LogP) is 3.96. The molecule has 0 radical (unpaired) electrons. The second-order valence-electron chi connectivity index (χ2n) is 6.65. The van der Waals surface area contributed by atoms with Crippen LogP contribution < -0.4 is 4.74 Å². The van der Waals surface area contributed by atoms with E-state index in [0.717, 1.165) is 4.41 Å². The van der Waals surface area contributed by atoms with Gasteiger partial charge in [0.15, 0.2) is 0 Å². The van der Waals surface area contributed by atoms with Crippen molar-refractivity contribution in [3.63, 3.8) is 0 Å². The summed E-state index contributed by atoms with van der Waals surface area (Å²) >= 11 is 3.28. The van der Waals surface area contributed by atoms with Gasteiger partial charge in [0, 0.05) is 35.0 Å². The van der Waals surface area contributed by atoms with E-state index in [1.807, 2.05) is 0 Å². The molecule has 0 saturated heterocycles.